The van der Waals surface area contributed by atoms with E-state index in [1.54, 1.807) is 0 Å². The number of hydrogen-bond donors (Lipinski definition) is 2. The fourth-order valence-electron chi connectivity index (χ4n) is 1.03. The number of aliphatic hydroxyl groups is 2. The maximum atomic E-state index is 9.25. The number of aliphatic hydroxyl groups excluding tert-OH is 2. The van der Waals surface area contributed by atoms with Crippen molar-refractivity contribution < 1.29 is 10.2 Å². The fraction of sp³-hybridized carbons (Fsp3) is 0.250. The summed E-state index contributed by atoms with van der Waals surface area (Å²) in [4.78, 5) is 0. The molecule has 0 heterocycles. The summed E-state index contributed by atoms with van der Waals surface area (Å²) in [6.45, 7) is 0.0937. The molecule has 0 saturated carbocycles. The molecular weight excluding hydrogens is 718 g/mol. The van der Waals surface area contributed by atoms with Crippen LogP contribution in [-0.4, -0.2) is 34.9 Å². The molecule has 1 rings (SSSR count). The Morgan fingerprint density at radius 2 is 1.21 bits per heavy atom. The summed E-state index contributed by atoms with van der Waals surface area (Å²) in [6, 6.07) is 0. The van der Waals surface area contributed by atoms with Gasteiger partial charge in [-0.15, -0.1) is 0 Å². The minimum absolute atomic E-state index is 0.0469. The SMILES string of the molecule is OCc1c(I)[c]([Bi])c(I)c(CO)c1I. The first kappa shape index (κ1) is 14.3. The zero-order chi connectivity index (χ0) is 10.9. The molecule has 0 aliphatic carbocycles. The van der Waals surface area contributed by atoms with Crippen molar-refractivity contribution in [2.24, 2.45) is 0 Å². The van der Waals surface area contributed by atoms with Crippen LogP contribution in [0.5, 0.6) is 0 Å². The quantitative estimate of drug-likeness (QED) is 0.357. The summed E-state index contributed by atoms with van der Waals surface area (Å²) < 4.78 is 4.53. The molecule has 0 unspecified atom stereocenters. The standard InChI is InChI=1S/C8H6I3O2.Bi/c9-6-1-7(10)5(3-13)8(11)4(6)2-12;/h12-13H,2-3H2;. The zero-order valence-corrected chi connectivity index (χ0v) is 16.8. The van der Waals surface area contributed by atoms with Crippen molar-refractivity contribution in [3.8, 4) is 0 Å². The van der Waals surface area contributed by atoms with Gasteiger partial charge in [-0.05, 0) is 0 Å². The molecule has 0 fully saturated rings. The summed E-state index contributed by atoms with van der Waals surface area (Å²) in [7, 11) is 0. The molecule has 14 heavy (non-hydrogen) atoms. The first-order chi connectivity index (χ1) is 6.54. The van der Waals surface area contributed by atoms with E-state index in [-0.39, 0.29) is 13.2 Å². The Balaban J connectivity index is 3.56. The van der Waals surface area contributed by atoms with Crippen molar-refractivity contribution in [2.75, 3.05) is 0 Å². The molecule has 2 nitrogen and oxygen atoms in total. The molecule has 0 spiro atoms. The first-order valence-corrected chi connectivity index (χ1v) is 8.60. The van der Waals surface area contributed by atoms with Crippen LogP contribution in [0.3, 0.4) is 0 Å². The van der Waals surface area contributed by atoms with E-state index in [1.807, 2.05) is 0 Å². The van der Waals surface area contributed by atoms with E-state index in [2.05, 4.69) is 67.8 Å². The molecule has 1 aromatic carbocycles. The van der Waals surface area contributed by atoms with Crippen LogP contribution >= 0.6 is 67.8 Å². The average molecular weight is 724 g/mol. The predicted octanol–water partition coefficient (Wildman–Crippen LogP) is 1.28. The van der Waals surface area contributed by atoms with Gasteiger partial charge in [0.25, 0.3) is 0 Å². The fourth-order valence-corrected chi connectivity index (χ4v) is 5.93. The van der Waals surface area contributed by atoms with Crippen LogP contribution in [0.4, 0.5) is 0 Å². The van der Waals surface area contributed by atoms with Crippen LogP contribution in [0, 0.1) is 10.7 Å². The number of benzene rings is 1. The van der Waals surface area contributed by atoms with Gasteiger partial charge in [-0.2, -0.15) is 0 Å². The van der Waals surface area contributed by atoms with Crippen LogP contribution < -0.4 is 3.27 Å². The second-order valence-electron chi connectivity index (χ2n) is 2.56. The van der Waals surface area contributed by atoms with Crippen LogP contribution in [-0.2, 0) is 13.2 Å². The van der Waals surface area contributed by atoms with Gasteiger partial charge in [0.1, 0.15) is 0 Å². The molecule has 0 amide bonds. The van der Waals surface area contributed by atoms with E-state index in [0.717, 1.165) is 46.6 Å². The van der Waals surface area contributed by atoms with Gasteiger partial charge in [-0.1, -0.05) is 0 Å². The van der Waals surface area contributed by atoms with Gasteiger partial charge in [0.15, 0.2) is 0 Å². The van der Waals surface area contributed by atoms with Crippen LogP contribution in [0.15, 0.2) is 0 Å². The topological polar surface area (TPSA) is 40.5 Å². The van der Waals surface area contributed by atoms with Gasteiger partial charge in [0, 0.05) is 0 Å². The molecule has 0 bridgehead atoms. The van der Waals surface area contributed by atoms with E-state index >= 15 is 0 Å². The molecule has 2 N–H and O–H groups in total. The molecule has 0 saturated heterocycles. The summed E-state index contributed by atoms with van der Waals surface area (Å²) >= 11 is 7.88. The Morgan fingerprint density at radius 1 is 0.857 bits per heavy atom. The Labute approximate surface area is 139 Å². The molecule has 2 radical (unpaired) electrons. The van der Waals surface area contributed by atoms with Gasteiger partial charge >= 0.3 is 141 Å². The molecule has 0 atom stereocenters. The molecular formula is C8H6BiI3O2. The second-order valence-corrected chi connectivity index (χ2v) is 7.54. The number of rotatable bonds is 2. The van der Waals surface area contributed by atoms with Crippen LogP contribution in [0.1, 0.15) is 11.1 Å². The second kappa shape index (κ2) is 6.23. The van der Waals surface area contributed by atoms with Gasteiger partial charge in [0.05, 0.1) is 0 Å². The average Bonchev–Trinajstić information content (AvgIpc) is 2.16. The van der Waals surface area contributed by atoms with Crippen LogP contribution in [0.2, 0.25) is 0 Å². The van der Waals surface area contributed by atoms with Gasteiger partial charge < -0.3 is 0 Å². The van der Waals surface area contributed by atoms with Crippen LogP contribution in [0.25, 0.3) is 0 Å². The van der Waals surface area contributed by atoms with Gasteiger partial charge in [0.2, 0.25) is 0 Å². The first-order valence-electron chi connectivity index (χ1n) is 3.63. The van der Waals surface area contributed by atoms with Crippen molar-refractivity contribution >= 4 is 95.8 Å². The van der Waals surface area contributed by atoms with Crippen molar-refractivity contribution in [1.82, 2.24) is 0 Å². The Kier molecular flexibility index (Phi) is 6.35. The zero-order valence-electron chi connectivity index (χ0n) is 6.89. The summed E-state index contributed by atoms with van der Waals surface area (Å²) in [5, 5.41) is 18.5. The Morgan fingerprint density at radius 3 is 1.50 bits per heavy atom. The van der Waals surface area contributed by atoms with E-state index in [0.29, 0.717) is 0 Å². The molecule has 0 aromatic heterocycles. The molecule has 0 aliphatic rings. The third-order valence-corrected chi connectivity index (χ3v) is 10.7. The van der Waals surface area contributed by atoms with E-state index in [9.17, 15) is 10.2 Å². The summed E-state index contributed by atoms with van der Waals surface area (Å²) in [5.74, 6) is 0. The third-order valence-electron chi connectivity index (χ3n) is 1.79. The predicted molar refractivity (Wildman–Crippen MR) is 81.8 cm³/mol. The molecule has 1 aromatic rings. The summed E-state index contributed by atoms with van der Waals surface area (Å²) in [6.07, 6.45) is 0. The summed E-state index contributed by atoms with van der Waals surface area (Å²) in [5.41, 5.74) is 1.90. The van der Waals surface area contributed by atoms with Crippen molar-refractivity contribution in [2.45, 2.75) is 13.2 Å². The normalized spacial score (nSPS) is 10.7. The van der Waals surface area contributed by atoms with E-state index in [1.165, 1.54) is 3.27 Å². The minimum atomic E-state index is 0.0469. The van der Waals surface area contributed by atoms with Gasteiger partial charge in [-0.25, -0.2) is 0 Å². The Hall–Kier alpha value is 2.21. The van der Waals surface area contributed by atoms with Crippen molar-refractivity contribution in [3.05, 3.63) is 21.8 Å². The Bertz CT molecular complexity index is 337. The molecule has 0 aliphatic heterocycles. The van der Waals surface area contributed by atoms with Crippen molar-refractivity contribution in [1.29, 1.82) is 0 Å². The van der Waals surface area contributed by atoms with E-state index in [4.69, 9.17) is 0 Å². The third kappa shape index (κ3) is 2.72. The number of halogens is 3. The van der Waals surface area contributed by atoms with E-state index < -0.39 is 0 Å². The molecule has 76 valence electrons. The monoisotopic (exact) mass is 724 g/mol. The number of hydrogen-bond acceptors (Lipinski definition) is 2. The van der Waals surface area contributed by atoms with Crippen molar-refractivity contribution in [3.63, 3.8) is 0 Å². The van der Waals surface area contributed by atoms with Gasteiger partial charge in [-0.3, -0.25) is 0 Å². The maximum absolute atomic E-state index is 9.25. The molecule has 6 heteroatoms.